The van der Waals surface area contributed by atoms with Gasteiger partial charge in [0.15, 0.2) is 0 Å². The van der Waals surface area contributed by atoms with E-state index in [2.05, 4.69) is 144 Å². The Hall–Kier alpha value is -5.25. The molecule has 44 heavy (non-hydrogen) atoms. The molecule has 0 saturated carbocycles. The molecule has 1 aliphatic carbocycles. The van der Waals surface area contributed by atoms with E-state index in [0.29, 0.717) is 0 Å². The number of hydrogen-bond acceptors (Lipinski definition) is 3. The Bertz CT molecular complexity index is 2140. The van der Waals surface area contributed by atoms with E-state index in [1.807, 2.05) is 36.0 Å². The van der Waals surface area contributed by atoms with E-state index in [1.54, 1.807) is 0 Å². The fourth-order valence-corrected chi connectivity index (χ4v) is 8.29. The van der Waals surface area contributed by atoms with Gasteiger partial charge in [-0.1, -0.05) is 139 Å². The van der Waals surface area contributed by atoms with Gasteiger partial charge in [0, 0.05) is 20.9 Å². The molecule has 7 aromatic rings. The molecule has 0 amide bonds. The van der Waals surface area contributed by atoms with E-state index < -0.39 is 0 Å². The van der Waals surface area contributed by atoms with Crippen molar-refractivity contribution in [2.45, 2.75) is 15.2 Å². The third kappa shape index (κ3) is 3.69. The number of benzene rings is 6. The lowest BCUT2D eigenvalue weighted by molar-refractivity contribution is 0.723. The highest BCUT2D eigenvalue weighted by Gasteiger charge is 2.50. The molecule has 2 heterocycles. The Labute approximate surface area is 261 Å². The van der Waals surface area contributed by atoms with Crippen molar-refractivity contribution in [3.05, 3.63) is 180 Å². The van der Waals surface area contributed by atoms with Crippen molar-refractivity contribution in [3.8, 4) is 44.8 Å². The van der Waals surface area contributed by atoms with Crippen LogP contribution in [0.3, 0.4) is 0 Å². The minimum Gasteiger partial charge on any atom is -0.150 e. The van der Waals surface area contributed by atoms with Crippen LogP contribution in [0.2, 0.25) is 0 Å². The van der Waals surface area contributed by atoms with E-state index >= 15 is 0 Å². The second-order valence-electron chi connectivity index (χ2n) is 11.4. The zero-order valence-corrected chi connectivity index (χ0v) is 24.6. The van der Waals surface area contributed by atoms with Crippen LogP contribution in [0.5, 0.6) is 0 Å². The Morgan fingerprint density at radius 1 is 0.364 bits per heavy atom. The number of aromatic nitrogens is 2. The van der Waals surface area contributed by atoms with Crippen LogP contribution in [0.4, 0.5) is 0 Å². The highest BCUT2D eigenvalue weighted by Crippen LogP contribution is 2.62. The molecule has 0 radical (unpaired) electrons. The fourth-order valence-electron chi connectivity index (χ4n) is 7.12. The Balaban J connectivity index is 1.16. The number of nitrogens with zero attached hydrogens (tertiary/aromatic N) is 2. The predicted molar refractivity (Wildman–Crippen MR) is 180 cm³/mol. The molecule has 1 aromatic heterocycles. The third-order valence-corrected chi connectivity index (χ3v) is 10.2. The lowest BCUT2D eigenvalue weighted by Crippen LogP contribution is -2.32. The fraction of sp³-hybridized carbons (Fsp3) is 0.0244. The molecule has 2 aliphatic rings. The van der Waals surface area contributed by atoms with Crippen molar-refractivity contribution < 1.29 is 0 Å². The summed E-state index contributed by atoms with van der Waals surface area (Å²) in [4.78, 5) is 2.63. The van der Waals surface area contributed by atoms with E-state index in [1.165, 1.54) is 54.3 Å². The third-order valence-electron chi connectivity index (χ3n) is 9.09. The molecule has 3 heteroatoms. The largest absolute Gasteiger partial charge is 0.150 e. The van der Waals surface area contributed by atoms with Gasteiger partial charge < -0.3 is 0 Å². The topological polar surface area (TPSA) is 25.8 Å². The number of fused-ring (bicyclic) bond motifs is 9. The quantitative estimate of drug-likeness (QED) is 0.209. The van der Waals surface area contributed by atoms with Gasteiger partial charge in [-0.2, -0.15) is 0 Å². The molecule has 0 unspecified atom stereocenters. The van der Waals surface area contributed by atoms with Crippen LogP contribution in [0.15, 0.2) is 168 Å². The Morgan fingerprint density at radius 2 is 0.864 bits per heavy atom. The molecule has 0 fully saturated rings. The van der Waals surface area contributed by atoms with Gasteiger partial charge in [-0.15, -0.1) is 10.2 Å². The summed E-state index contributed by atoms with van der Waals surface area (Å²) >= 11 is 1.88. The molecule has 1 spiro atoms. The zero-order chi connectivity index (χ0) is 29.1. The van der Waals surface area contributed by atoms with Gasteiger partial charge in [-0.3, -0.25) is 0 Å². The predicted octanol–water partition coefficient (Wildman–Crippen LogP) is 10.3. The van der Waals surface area contributed by atoms with Gasteiger partial charge in [0.2, 0.25) is 0 Å². The van der Waals surface area contributed by atoms with Crippen LogP contribution in [0.1, 0.15) is 22.3 Å². The first-order valence-corrected chi connectivity index (χ1v) is 15.7. The highest BCUT2D eigenvalue weighted by molar-refractivity contribution is 7.99. The van der Waals surface area contributed by atoms with Gasteiger partial charge in [0.25, 0.3) is 0 Å². The zero-order valence-electron chi connectivity index (χ0n) is 23.8. The molecule has 0 N–H and O–H groups in total. The normalized spacial score (nSPS) is 13.5. The molecule has 6 aromatic carbocycles. The highest BCUT2D eigenvalue weighted by atomic mass is 32.2. The maximum absolute atomic E-state index is 4.54. The summed E-state index contributed by atoms with van der Waals surface area (Å²) in [6.07, 6.45) is 0. The van der Waals surface area contributed by atoms with Crippen LogP contribution < -0.4 is 0 Å². The van der Waals surface area contributed by atoms with Crippen LogP contribution >= 0.6 is 11.8 Å². The SMILES string of the molecule is c1ccc(-c2ccc(-c3ccc(-c4ccc5c(c4)C4(c6ccccc6S5)c5ccccc5-c5ccccc54)cc3)nn2)cc1. The summed E-state index contributed by atoms with van der Waals surface area (Å²) in [5.41, 5.74) is 14.0. The summed E-state index contributed by atoms with van der Waals surface area (Å²) < 4.78 is 0. The molecule has 0 atom stereocenters. The monoisotopic (exact) mass is 578 g/mol. The van der Waals surface area contributed by atoms with Gasteiger partial charge >= 0.3 is 0 Å². The molecule has 2 nitrogen and oxygen atoms in total. The van der Waals surface area contributed by atoms with Gasteiger partial charge in [0.1, 0.15) is 0 Å². The van der Waals surface area contributed by atoms with Crippen LogP contribution in [0.25, 0.3) is 44.8 Å². The lowest BCUT2D eigenvalue weighted by Gasteiger charge is -2.40. The average Bonchev–Trinajstić information content (AvgIpc) is 3.40. The van der Waals surface area contributed by atoms with Gasteiger partial charge in [0.05, 0.1) is 16.8 Å². The van der Waals surface area contributed by atoms with Crippen molar-refractivity contribution in [1.29, 1.82) is 0 Å². The van der Waals surface area contributed by atoms with Crippen molar-refractivity contribution in [3.63, 3.8) is 0 Å². The van der Waals surface area contributed by atoms with E-state index in [-0.39, 0.29) is 5.41 Å². The average molecular weight is 579 g/mol. The lowest BCUT2D eigenvalue weighted by atomic mass is 9.67. The number of hydrogen-bond donors (Lipinski definition) is 0. The minimum atomic E-state index is -0.365. The first-order valence-electron chi connectivity index (χ1n) is 14.9. The summed E-state index contributed by atoms with van der Waals surface area (Å²) in [5.74, 6) is 0. The van der Waals surface area contributed by atoms with Crippen LogP contribution in [-0.4, -0.2) is 10.2 Å². The van der Waals surface area contributed by atoms with Gasteiger partial charge in [-0.05, 0) is 74.8 Å². The molecule has 0 saturated heterocycles. The molecule has 9 rings (SSSR count). The molecular formula is C41H26N2S. The summed E-state index contributed by atoms with van der Waals surface area (Å²) in [6, 6.07) is 56.9. The van der Waals surface area contributed by atoms with Crippen molar-refractivity contribution in [2.75, 3.05) is 0 Å². The molecular weight excluding hydrogens is 553 g/mol. The first-order chi connectivity index (χ1) is 21.8. The Morgan fingerprint density at radius 3 is 1.52 bits per heavy atom. The summed E-state index contributed by atoms with van der Waals surface area (Å²) in [6.45, 7) is 0. The smallest absolute Gasteiger partial charge is 0.0930 e. The maximum Gasteiger partial charge on any atom is 0.0930 e. The second-order valence-corrected chi connectivity index (χ2v) is 12.5. The van der Waals surface area contributed by atoms with Crippen LogP contribution in [0, 0.1) is 0 Å². The summed E-state index contributed by atoms with van der Waals surface area (Å²) in [7, 11) is 0. The maximum atomic E-state index is 4.54. The second kappa shape index (κ2) is 9.90. The minimum absolute atomic E-state index is 0.365. The molecule has 0 bridgehead atoms. The van der Waals surface area contributed by atoms with Gasteiger partial charge in [-0.25, -0.2) is 0 Å². The van der Waals surface area contributed by atoms with E-state index in [4.69, 9.17) is 0 Å². The Kier molecular flexibility index (Phi) is 5.69. The molecule has 1 aliphatic heterocycles. The number of rotatable bonds is 3. The van der Waals surface area contributed by atoms with Crippen molar-refractivity contribution >= 4 is 11.8 Å². The standard InChI is InChI=1S/C41H26N2S/c1-2-10-28(11-3-1)37-23-24-38(43-42-37)29-20-18-27(19-21-29)30-22-25-40-36(26-30)41(35-16-8-9-17-39(35)44-40)33-14-6-4-12-31(33)32-13-5-7-15-34(32)41/h1-26H. The van der Waals surface area contributed by atoms with Crippen molar-refractivity contribution in [2.24, 2.45) is 0 Å². The van der Waals surface area contributed by atoms with E-state index in [0.717, 1.165) is 22.5 Å². The van der Waals surface area contributed by atoms with Crippen molar-refractivity contribution in [1.82, 2.24) is 10.2 Å². The van der Waals surface area contributed by atoms with Crippen LogP contribution in [-0.2, 0) is 5.41 Å². The first kappa shape index (κ1) is 25.3. The summed E-state index contributed by atoms with van der Waals surface area (Å²) in [5, 5.41) is 9.04. The molecule has 206 valence electrons. The van der Waals surface area contributed by atoms with E-state index in [9.17, 15) is 0 Å².